The van der Waals surface area contributed by atoms with Gasteiger partial charge >= 0.3 is 21.0 Å². The molecule has 0 aromatic carbocycles. The fourth-order valence-electron chi connectivity index (χ4n) is 5.42. The molecule has 2 atom stereocenters. The number of allylic oxidation sites excluding steroid dienone is 10. The minimum atomic E-state index is -0.228. The first-order valence-electron chi connectivity index (χ1n) is 15.3. The van der Waals surface area contributed by atoms with E-state index in [9.17, 15) is 9.59 Å². The second-order valence-corrected chi connectivity index (χ2v) is 16.0. The number of rotatable bonds is 4. The fraction of sp³-hybridized carbons (Fsp3) is 0.611. The van der Waals surface area contributed by atoms with Gasteiger partial charge in [-0.05, 0) is 57.8 Å². The van der Waals surface area contributed by atoms with E-state index in [0.717, 1.165) is 65.3 Å². The van der Waals surface area contributed by atoms with E-state index in [-0.39, 0.29) is 45.3 Å². The molecule has 0 saturated heterocycles. The van der Waals surface area contributed by atoms with Crippen LogP contribution in [-0.4, -0.2) is 23.7 Å². The third kappa shape index (κ3) is 9.13. The molecule has 0 aromatic rings. The molecule has 0 amide bonds. The van der Waals surface area contributed by atoms with Gasteiger partial charge < -0.3 is 10.6 Å². The van der Waals surface area contributed by atoms with Crippen LogP contribution in [0.25, 0.3) is 0 Å². The maximum atomic E-state index is 13.5. The first-order valence-corrected chi connectivity index (χ1v) is 15.9. The molecule has 0 bridgehead atoms. The predicted molar refractivity (Wildman–Crippen MR) is 169 cm³/mol. The summed E-state index contributed by atoms with van der Waals surface area (Å²) in [5, 5.41) is 7.25. The number of hydrogen-bond donors (Lipinski definition) is 2. The van der Waals surface area contributed by atoms with Gasteiger partial charge in [0.05, 0.1) is 0 Å². The first-order chi connectivity index (χ1) is 19.2. The van der Waals surface area contributed by atoms with Gasteiger partial charge in [-0.3, -0.25) is 9.59 Å². The molecule has 0 spiro atoms. The Kier molecular flexibility index (Phi) is 11.6. The van der Waals surface area contributed by atoms with Crippen LogP contribution in [0.3, 0.4) is 0 Å². The van der Waals surface area contributed by atoms with Crippen LogP contribution < -0.4 is 10.6 Å². The van der Waals surface area contributed by atoms with Crippen LogP contribution >= 0.6 is 0 Å². The summed E-state index contributed by atoms with van der Waals surface area (Å²) in [6.07, 6.45) is 16.5. The third-order valence-corrected chi connectivity index (χ3v) is 8.26. The molecule has 2 N–H and O–H groups in total. The van der Waals surface area contributed by atoms with Crippen molar-refractivity contribution in [3.05, 3.63) is 70.1 Å². The van der Waals surface area contributed by atoms with Crippen molar-refractivity contribution in [2.75, 3.05) is 0 Å². The van der Waals surface area contributed by atoms with Crippen LogP contribution in [0.15, 0.2) is 70.1 Å². The Morgan fingerprint density at radius 1 is 0.571 bits per heavy atom. The summed E-state index contributed by atoms with van der Waals surface area (Å²) < 4.78 is 8.19. The zero-order chi connectivity index (χ0) is 32.3. The Morgan fingerprint density at radius 3 is 1.14 bits per heavy atom. The SMILES string of the molecule is CC(C)(C)C1=C/C(=C/N[C@H]2CCCC[C@@H]2N/C=C2/C=C(C(C)(C)C)C=C(C(C)(C)C)C2=O)C(=O)C(C(C)(C)C)=C1.[O]=[V]. The normalized spacial score (nSPS) is 24.3. The zero-order valence-corrected chi connectivity index (χ0v) is 29.5. The van der Waals surface area contributed by atoms with Crippen molar-refractivity contribution in [1.29, 1.82) is 0 Å². The van der Waals surface area contributed by atoms with Gasteiger partial charge in [0.2, 0.25) is 0 Å². The number of carbonyl (C=O) groups excluding carboxylic acids is 2. The monoisotopic (exact) mass is 613 g/mol. The molecule has 3 rings (SSSR count). The molecule has 3 aliphatic carbocycles. The fourth-order valence-corrected chi connectivity index (χ4v) is 5.42. The van der Waals surface area contributed by atoms with E-state index in [1.807, 2.05) is 12.4 Å². The van der Waals surface area contributed by atoms with Crippen molar-refractivity contribution in [1.82, 2.24) is 10.6 Å². The molecule has 0 radical (unpaired) electrons. The van der Waals surface area contributed by atoms with Crippen LogP contribution in [0.2, 0.25) is 0 Å². The van der Waals surface area contributed by atoms with Gasteiger partial charge in [0.15, 0.2) is 11.6 Å². The molecule has 0 heterocycles. The summed E-state index contributed by atoms with van der Waals surface area (Å²) in [6, 6.07) is 0.340. The van der Waals surface area contributed by atoms with E-state index >= 15 is 0 Å². The zero-order valence-electron chi connectivity index (χ0n) is 28.1. The van der Waals surface area contributed by atoms with Crippen molar-refractivity contribution in [3.63, 3.8) is 0 Å². The van der Waals surface area contributed by atoms with Gasteiger partial charge in [-0.15, -0.1) is 0 Å². The van der Waals surface area contributed by atoms with Crippen molar-refractivity contribution < 1.29 is 30.6 Å². The quantitative estimate of drug-likeness (QED) is 0.313. The first kappa shape index (κ1) is 36.0. The van der Waals surface area contributed by atoms with Crippen LogP contribution in [0.5, 0.6) is 0 Å². The van der Waals surface area contributed by atoms with E-state index in [2.05, 4.69) is 118 Å². The van der Waals surface area contributed by atoms with Crippen LogP contribution in [-0.2, 0) is 30.6 Å². The van der Waals surface area contributed by atoms with E-state index in [1.54, 1.807) is 0 Å². The molecule has 3 aliphatic rings. The van der Waals surface area contributed by atoms with Gasteiger partial charge in [0, 0.05) is 46.8 Å². The van der Waals surface area contributed by atoms with Crippen molar-refractivity contribution >= 4 is 11.6 Å². The number of carbonyl (C=O) groups is 2. The number of hydrogen-bond acceptors (Lipinski definition) is 5. The standard InChI is InChI=1S/C36H54N2O2.O.V/c1-33(2,3)25-17-23(31(39)27(19-25)35(7,8)9)21-37-29-15-13-14-16-30(29)38-22-24-18-26(34(4,5)6)20-28(32(24)40)36(10,11)12;;/h17-22,29-30,37-38H,13-16H2,1-12H3;;/b23-21-,24-22-;;/t29-,30-;;/m0../s1. The molecule has 0 unspecified atom stereocenters. The van der Waals surface area contributed by atoms with E-state index < -0.39 is 0 Å². The Bertz CT molecular complexity index is 1140. The molecule has 6 heteroatoms. The van der Waals surface area contributed by atoms with E-state index in [4.69, 9.17) is 3.67 Å². The van der Waals surface area contributed by atoms with Crippen molar-refractivity contribution in [3.8, 4) is 0 Å². The van der Waals surface area contributed by atoms with Gasteiger partial charge in [-0.1, -0.05) is 108 Å². The molecular formula is C36H54N2O3V. The number of nitrogens with one attached hydrogen (secondary N) is 2. The van der Waals surface area contributed by atoms with Crippen molar-refractivity contribution in [2.24, 2.45) is 21.7 Å². The summed E-state index contributed by atoms with van der Waals surface area (Å²) in [7, 11) is 0. The molecule has 0 aliphatic heterocycles. The molecular weight excluding hydrogens is 559 g/mol. The Labute approximate surface area is 264 Å². The summed E-state index contributed by atoms with van der Waals surface area (Å²) in [5.41, 5.74) is 4.95. The number of Topliss-reactive ketones (excluding diaryl/α,β-unsaturated/α-hetero) is 2. The molecule has 0 aromatic heterocycles. The Hall–Kier alpha value is -2.24. The van der Waals surface area contributed by atoms with E-state index in [0.29, 0.717) is 0 Å². The second kappa shape index (κ2) is 13.6. The summed E-state index contributed by atoms with van der Waals surface area (Å²) in [4.78, 5) is 27.0. The summed E-state index contributed by atoms with van der Waals surface area (Å²) in [5.74, 6) is 0.203. The average molecular weight is 614 g/mol. The molecule has 1 fully saturated rings. The molecule has 5 nitrogen and oxygen atoms in total. The minimum absolute atomic E-state index is 0.0519. The molecule has 231 valence electrons. The predicted octanol–water partition coefficient (Wildman–Crippen LogP) is 8.18. The third-order valence-electron chi connectivity index (χ3n) is 8.26. The van der Waals surface area contributed by atoms with Crippen molar-refractivity contribution in [2.45, 2.75) is 121 Å². The Balaban J connectivity index is 0.00000301. The van der Waals surface area contributed by atoms with Gasteiger partial charge in [-0.25, -0.2) is 0 Å². The molecule has 1 saturated carbocycles. The van der Waals surface area contributed by atoms with Gasteiger partial charge in [-0.2, -0.15) is 0 Å². The summed E-state index contributed by atoms with van der Waals surface area (Å²) in [6.45, 7) is 25.8. The van der Waals surface area contributed by atoms with Crippen LogP contribution in [0.1, 0.15) is 109 Å². The van der Waals surface area contributed by atoms with Gasteiger partial charge in [0.25, 0.3) is 0 Å². The van der Waals surface area contributed by atoms with Crippen LogP contribution in [0, 0.1) is 21.7 Å². The topological polar surface area (TPSA) is 75.3 Å². The number of ketones is 2. The average Bonchev–Trinajstić information content (AvgIpc) is 2.86. The summed E-state index contributed by atoms with van der Waals surface area (Å²) >= 11 is 1.06. The second-order valence-electron chi connectivity index (χ2n) is 16.0. The molecule has 42 heavy (non-hydrogen) atoms. The van der Waals surface area contributed by atoms with Gasteiger partial charge in [0.1, 0.15) is 0 Å². The van der Waals surface area contributed by atoms with Crippen LogP contribution in [0.4, 0.5) is 0 Å². The van der Waals surface area contributed by atoms with E-state index in [1.165, 1.54) is 11.1 Å². The Morgan fingerprint density at radius 2 is 0.881 bits per heavy atom. The maximum absolute atomic E-state index is 13.5.